The first kappa shape index (κ1) is 13.6. The van der Waals surface area contributed by atoms with Gasteiger partial charge in [0.05, 0.1) is 0 Å². The van der Waals surface area contributed by atoms with E-state index in [9.17, 15) is 4.79 Å². The van der Waals surface area contributed by atoms with Crippen LogP contribution in [-0.4, -0.2) is 42.2 Å². The van der Waals surface area contributed by atoms with Gasteiger partial charge in [0.15, 0.2) is 0 Å². The minimum Gasteiger partial charge on any atom is -0.492 e. The standard InChI is InChI=1S/C15H19NO3/c1-16(13-5-6-13)10-11-19-14-7-2-12(3-8-14)4-9-15(17)18/h2-4,7-9,13H,5-6,10-11H2,1H3,(H,17,18). The van der Waals surface area contributed by atoms with Crippen molar-refractivity contribution >= 4 is 12.0 Å². The van der Waals surface area contributed by atoms with E-state index in [1.165, 1.54) is 12.8 Å². The van der Waals surface area contributed by atoms with Crippen molar-refractivity contribution in [3.8, 4) is 5.75 Å². The zero-order valence-electron chi connectivity index (χ0n) is 11.1. The summed E-state index contributed by atoms with van der Waals surface area (Å²) in [5, 5.41) is 8.53. The summed E-state index contributed by atoms with van der Waals surface area (Å²) in [6.07, 6.45) is 5.30. The van der Waals surface area contributed by atoms with Gasteiger partial charge in [-0.25, -0.2) is 4.79 Å². The fourth-order valence-electron chi connectivity index (χ4n) is 1.85. The predicted molar refractivity (Wildman–Crippen MR) is 74.3 cm³/mol. The molecule has 19 heavy (non-hydrogen) atoms. The lowest BCUT2D eigenvalue weighted by atomic mass is 10.2. The highest BCUT2D eigenvalue weighted by molar-refractivity contribution is 5.85. The smallest absolute Gasteiger partial charge is 0.328 e. The molecule has 0 heterocycles. The maximum absolute atomic E-state index is 10.4. The monoisotopic (exact) mass is 261 g/mol. The molecular weight excluding hydrogens is 242 g/mol. The number of hydrogen-bond donors (Lipinski definition) is 1. The van der Waals surface area contributed by atoms with Crippen LogP contribution in [0.3, 0.4) is 0 Å². The molecule has 0 unspecified atom stereocenters. The van der Waals surface area contributed by atoms with E-state index in [2.05, 4.69) is 11.9 Å². The van der Waals surface area contributed by atoms with E-state index in [0.29, 0.717) is 6.61 Å². The number of aliphatic carboxylic acids is 1. The summed E-state index contributed by atoms with van der Waals surface area (Å²) in [6.45, 7) is 1.61. The molecule has 1 fully saturated rings. The van der Waals surface area contributed by atoms with Crippen LogP contribution in [0.4, 0.5) is 0 Å². The molecule has 0 radical (unpaired) electrons. The summed E-state index contributed by atoms with van der Waals surface area (Å²) in [5.41, 5.74) is 0.852. The number of carboxylic acids is 1. The number of carbonyl (C=O) groups is 1. The molecule has 4 nitrogen and oxygen atoms in total. The molecule has 102 valence electrons. The van der Waals surface area contributed by atoms with Crippen LogP contribution >= 0.6 is 0 Å². The van der Waals surface area contributed by atoms with Gasteiger partial charge in [0.2, 0.25) is 0 Å². The largest absolute Gasteiger partial charge is 0.492 e. The van der Waals surface area contributed by atoms with E-state index in [1.807, 2.05) is 24.3 Å². The molecule has 1 aromatic carbocycles. The number of likely N-dealkylation sites (N-methyl/N-ethyl adjacent to an activating group) is 1. The summed E-state index contributed by atoms with van der Waals surface area (Å²) in [6, 6.07) is 8.17. The molecule has 0 aliphatic heterocycles. The zero-order chi connectivity index (χ0) is 13.7. The third-order valence-corrected chi connectivity index (χ3v) is 3.18. The Morgan fingerprint density at radius 1 is 1.42 bits per heavy atom. The Hall–Kier alpha value is -1.81. The Bertz CT molecular complexity index is 449. The average Bonchev–Trinajstić information content (AvgIpc) is 3.22. The van der Waals surface area contributed by atoms with Crippen LogP contribution in [0.1, 0.15) is 18.4 Å². The highest BCUT2D eigenvalue weighted by Crippen LogP contribution is 2.24. The Labute approximate surface area is 113 Å². The Morgan fingerprint density at radius 3 is 2.68 bits per heavy atom. The Balaban J connectivity index is 1.76. The van der Waals surface area contributed by atoms with Crippen LogP contribution in [-0.2, 0) is 4.79 Å². The highest BCUT2D eigenvalue weighted by atomic mass is 16.5. The molecule has 0 bridgehead atoms. The van der Waals surface area contributed by atoms with Gasteiger partial charge in [0.1, 0.15) is 12.4 Å². The molecule has 4 heteroatoms. The van der Waals surface area contributed by atoms with Gasteiger partial charge in [0.25, 0.3) is 0 Å². The second kappa shape index (κ2) is 6.38. The van der Waals surface area contributed by atoms with Crippen molar-refractivity contribution in [1.82, 2.24) is 4.90 Å². The van der Waals surface area contributed by atoms with Gasteiger partial charge in [0, 0.05) is 18.7 Å². The maximum Gasteiger partial charge on any atom is 0.328 e. The second-order valence-corrected chi connectivity index (χ2v) is 4.80. The van der Waals surface area contributed by atoms with Gasteiger partial charge in [-0.3, -0.25) is 0 Å². The lowest BCUT2D eigenvalue weighted by molar-refractivity contribution is -0.131. The molecule has 1 N–H and O–H groups in total. The van der Waals surface area contributed by atoms with Crippen LogP contribution in [0.5, 0.6) is 5.75 Å². The van der Waals surface area contributed by atoms with Crippen LogP contribution in [0, 0.1) is 0 Å². The first-order valence-electron chi connectivity index (χ1n) is 6.49. The third-order valence-electron chi connectivity index (χ3n) is 3.18. The van der Waals surface area contributed by atoms with Crippen LogP contribution in [0.15, 0.2) is 30.3 Å². The van der Waals surface area contributed by atoms with E-state index in [0.717, 1.165) is 30.0 Å². The molecule has 0 aromatic heterocycles. The molecule has 0 atom stereocenters. The number of nitrogens with zero attached hydrogens (tertiary/aromatic N) is 1. The van der Waals surface area contributed by atoms with Crippen LogP contribution < -0.4 is 4.74 Å². The molecule has 0 amide bonds. The van der Waals surface area contributed by atoms with E-state index in [4.69, 9.17) is 9.84 Å². The van der Waals surface area contributed by atoms with Crippen molar-refractivity contribution in [2.45, 2.75) is 18.9 Å². The normalized spacial score (nSPS) is 15.1. The maximum atomic E-state index is 10.4. The Kier molecular flexibility index (Phi) is 4.58. The average molecular weight is 261 g/mol. The van der Waals surface area contributed by atoms with E-state index >= 15 is 0 Å². The lowest BCUT2D eigenvalue weighted by Crippen LogP contribution is -2.26. The number of benzene rings is 1. The van der Waals surface area contributed by atoms with Gasteiger partial charge < -0.3 is 14.7 Å². The van der Waals surface area contributed by atoms with Crippen molar-refractivity contribution in [3.63, 3.8) is 0 Å². The van der Waals surface area contributed by atoms with Crippen LogP contribution in [0.2, 0.25) is 0 Å². The summed E-state index contributed by atoms with van der Waals surface area (Å²) >= 11 is 0. The highest BCUT2D eigenvalue weighted by Gasteiger charge is 2.25. The SMILES string of the molecule is CN(CCOc1ccc(C=CC(=O)O)cc1)C1CC1. The van der Waals surface area contributed by atoms with Crippen molar-refractivity contribution in [1.29, 1.82) is 0 Å². The van der Waals surface area contributed by atoms with Crippen LogP contribution in [0.25, 0.3) is 6.08 Å². The summed E-state index contributed by atoms with van der Waals surface area (Å²) in [5.74, 6) is -0.125. The van der Waals surface area contributed by atoms with Gasteiger partial charge >= 0.3 is 5.97 Å². The summed E-state index contributed by atoms with van der Waals surface area (Å²) in [4.78, 5) is 12.7. The fraction of sp³-hybridized carbons (Fsp3) is 0.400. The van der Waals surface area contributed by atoms with Gasteiger partial charge in [-0.15, -0.1) is 0 Å². The van der Waals surface area contributed by atoms with Crippen molar-refractivity contribution in [2.24, 2.45) is 0 Å². The minimum atomic E-state index is -0.941. The first-order valence-corrected chi connectivity index (χ1v) is 6.49. The quantitative estimate of drug-likeness (QED) is 0.765. The molecule has 1 aliphatic rings. The molecule has 1 saturated carbocycles. The van der Waals surface area contributed by atoms with Gasteiger partial charge in [-0.05, 0) is 43.7 Å². The molecule has 2 rings (SSSR count). The number of hydrogen-bond acceptors (Lipinski definition) is 3. The number of carboxylic acid groups (broad SMARTS) is 1. The van der Waals surface area contributed by atoms with Crippen molar-refractivity contribution < 1.29 is 14.6 Å². The van der Waals surface area contributed by atoms with E-state index in [1.54, 1.807) is 6.08 Å². The topological polar surface area (TPSA) is 49.8 Å². The molecule has 0 saturated heterocycles. The molecule has 0 spiro atoms. The molecular formula is C15H19NO3. The lowest BCUT2D eigenvalue weighted by Gasteiger charge is -2.15. The van der Waals surface area contributed by atoms with Crippen molar-refractivity contribution in [2.75, 3.05) is 20.2 Å². The Morgan fingerprint density at radius 2 is 2.11 bits per heavy atom. The van der Waals surface area contributed by atoms with Crippen molar-refractivity contribution in [3.05, 3.63) is 35.9 Å². The number of ether oxygens (including phenoxy) is 1. The summed E-state index contributed by atoms with van der Waals surface area (Å²) < 4.78 is 5.65. The van der Waals surface area contributed by atoms with E-state index < -0.39 is 5.97 Å². The molecule has 1 aliphatic carbocycles. The third kappa shape index (κ3) is 4.75. The summed E-state index contributed by atoms with van der Waals surface area (Å²) in [7, 11) is 2.13. The number of rotatable bonds is 7. The first-order chi connectivity index (χ1) is 9.15. The second-order valence-electron chi connectivity index (χ2n) is 4.80. The van der Waals surface area contributed by atoms with Gasteiger partial charge in [-0.2, -0.15) is 0 Å². The predicted octanol–water partition coefficient (Wildman–Crippen LogP) is 2.26. The van der Waals surface area contributed by atoms with Gasteiger partial charge in [-0.1, -0.05) is 12.1 Å². The molecule has 1 aromatic rings. The fourth-order valence-corrected chi connectivity index (χ4v) is 1.85. The zero-order valence-corrected chi connectivity index (χ0v) is 11.1. The van der Waals surface area contributed by atoms with E-state index in [-0.39, 0.29) is 0 Å². The minimum absolute atomic E-state index is 0.678.